The third-order valence-electron chi connectivity index (χ3n) is 2.14. The maximum absolute atomic E-state index is 11.1. The Labute approximate surface area is 93.5 Å². The van der Waals surface area contributed by atoms with Gasteiger partial charge in [0, 0.05) is 0 Å². The summed E-state index contributed by atoms with van der Waals surface area (Å²) in [7, 11) is 0.321. The SMILES string of the molecule is CPNC(C(=O)O)n1nnc2ccccc21. The van der Waals surface area contributed by atoms with Gasteiger partial charge in [-0.1, -0.05) is 26.1 Å². The van der Waals surface area contributed by atoms with Crippen LogP contribution in [0.3, 0.4) is 0 Å². The van der Waals surface area contributed by atoms with Gasteiger partial charge in [0.15, 0.2) is 0 Å². The molecule has 2 N–H and O–H groups in total. The molecular formula is C9H11N4O2P. The van der Waals surface area contributed by atoms with E-state index in [2.05, 4.69) is 15.4 Å². The minimum Gasteiger partial charge on any atom is -0.479 e. The number of aliphatic carboxylic acids is 1. The van der Waals surface area contributed by atoms with Gasteiger partial charge in [-0.05, 0) is 18.8 Å². The molecule has 2 unspecified atom stereocenters. The van der Waals surface area contributed by atoms with Crippen molar-refractivity contribution >= 4 is 25.7 Å². The summed E-state index contributed by atoms with van der Waals surface area (Å²) in [5.74, 6) is -0.968. The van der Waals surface area contributed by atoms with E-state index >= 15 is 0 Å². The molecule has 0 fully saturated rings. The van der Waals surface area contributed by atoms with Crippen molar-refractivity contribution < 1.29 is 9.90 Å². The molecule has 7 heteroatoms. The molecule has 0 amide bonds. The third kappa shape index (κ3) is 1.89. The molecule has 6 nitrogen and oxygen atoms in total. The predicted molar refractivity (Wildman–Crippen MR) is 61.6 cm³/mol. The van der Waals surface area contributed by atoms with Crippen molar-refractivity contribution in [3.63, 3.8) is 0 Å². The van der Waals surface area contributed by atoms with Crippen LogP contribution >= 0.6 is 8.73 Å². The first-order chi connectivity index (χ1) is 7.74. The summed E-state index contributed by atoms with van der Waals surface area (Å²) >= 11 is 0. The van der Waals surface area contributed by atoms with Gasteiger partial charge in [0.25, 0.3) is 0 Å². The Morgan fingerprint density at radius 1 is 1.56 bits per heavy atom. The third-order valence-corrected chi connectivity index (χ3v) is 2.70. The predicted octanol–water partition coefficient (Wildman–Crippen LogP) is 0.827. The summed E-state index contributed by atoms with van der Waals surface area (Å²) in [5, 5.41) is 19.7. The number of nitrogens with one attached hydrogen (secondary N) is 1. The van der Waals surface area contributed by atoms with Crippen molar-refractivity contribution in [3.8, 4) is 0 Å². The second kappa shape index (κ2) is 4.55. The minimum atomic E-state index is -0.968. The molecule has 2 aromatic rings. The van der Waals surface area contributed by atoms with Gasteiger partial charge < -0.3 is 5.11 Å². The van der Waals surface area contributed by atoms with Gasteiger partial charge in [-0.2, -0.15) is 0 Å². The van der Waals surface area contributed by atoms with E-state index in [1.165, 1.54) is 4.68 Å². The molecule has 1 heterocycles. The summed E-state index contributed by atoms with van der Waals surface area (Å²) in [6.07, 6.45) is -0.865. The summed E-state index contributed by atoms with van der Waals surface area (Å²) < 4.78 is 1.38. The number of hydrogen-bond donors (Lipinski definition) is 2. The van der Waals surface area contributed by atoms with Crippen LogP contribution in [0, 0.1) is 0 Å². The van der Waals surface area contributed by atoms with Crippen LogP contribution in [0.25, 0.3) is 11.0 Å². The molecule has 0 saturated heterocycles. The molecule has 16 heavy (non-hydrogen) atoms. The molecule has 0 bridgehead atoms. The van der Waals surface area contributed by atoms with Crippen LogP contribution in [0.1, 0.15) is 6.17 Å². The number of rotatable bonds is 4. The van der Waals surface area contributed by atoms with Crippen LogP contribution in [0.5, 0.6) is 0 Å². The quantitative estimate of drug-likeness (QED) is 0.771. The van der Waals surface area contributed by atoms with Crippen LogP contribution in [0.4, 0.5) is 0 Å². The number of para-hydroxylation sites is 1. The number of fused-ring (bicyclic) bond motifs is 1. The van der Waals surface area contributed by atoms with Crippen LogP contribution in [0.15, 0.2) is 24.3 Å². The fraction of sp³-hybridized carbons (Fsp3) is 0.222. The number of aromatic nitrogens is 3. The molecule has 0 radical (unpaired) electrons. The first-order valence-electron chi connectivity index (χ1n) is 4.69. The van der Waals surface area contributed by atoms with E-state index in [0.717, 1.165) is 0 Å². The lowest BCUT2D eigenvalue weighted by Crippen LogP contribution is -2.29. The minimum absolute atomic E-state index is 0.321. The van der Waals surface area contributed by atoms with E-state index < -0.39 is 12.1 Å². The van der Waals surface area contributed by atoms with E-state index in [1.54, 1.807) is 12.1 Å². The van der Waals surface area contributed by atoms with Crippen molar-refractivity contribution in [1.29, 1.82) is 0 Å². The van der Waals surface area contributed by atoms with E-state index in [1.807, 2.05) is 18.8 Å². The van der Waals surface area contributed by atoms with Gasteiger partial charge in [-0.15, -0.1) is 5.10 Å². The molecule has 0 aliphatic carbocycles. The number of hydrogen-bond acceptors (Lipinski definition) is 4. The topological polar surface area (TPSA) is 80.0 Å². The van der Waals surface area contributed by atoms with Crippen molar-refractivity contribution in [2.45, 2.75) is 6.17 Å². The number of carbonyl (C=O) groups is 1. The van der Waals surface area contributed by atoms with E-state index in [-0.39, 0.29) is 0 Å². The molecule has 0 saturated carbocycles. The lowest BCUT2D eigenvalue weighted by atomic mass is 10.3. The summed E-state index contributed by atoms with van der Waals surface area (Å²) in [6.45, 7) is 1.87. The van der Waals surface area contributed by atoms with Gasteiger partial charge in [-0.25, -0.2) is 9.48 Å². The number of carboxylic acids is 1. The molecule has 1 aromatic heterocycles. The Morgan fingerprint density at radius 2 is 2.31 bits per heavy atom. The zero-order valence-electron chi connectivity index (χ0n) is 8.58. The highest BCUT2D eigenvalue weighted by atomic mass is 31.1. The van der Waals surface area contributed by atoms with Crippen molar-refractivity contribution in [2.75, 3.05) is 6.66 Å². The molecule has 1 aromatic carbocycles. The lowest BCUT2D eigenvalue weighted by Gasteiger charge is -2.13. The maximum Gasteiger partial charge on any atom is 0.343 e. The molecular weight excluding hydrogens is 227 g/mol. The van der Waals surface area contributed by atoms with Gasteiger partial charge >= 0.3 is 5.97 Å². The van der Waals surface area contributed by atoms with Crippen LogP contribution < -0.4 is 5.09 Å². The summed E-state index contributed by atoms with van der Waals surface area (Å²) in [6, 6.07) is 7.26. The largest absolute Gasteiger partial charge is 0.479 e. The van der Waals surface area contributed by atoms with Crippen LogP contribution in [-0.4, -0.2) is 32.7 Å². The normalized spacial score (nSPS) is 13.6. The average Bonchev–Trinajstić information content (AvgIpc) is 2.69. The average molecular weight is 238 g/mol. The van der Waals surface area contributed by atoms with Crippen LogP contribution in [-0.2, 0) is 4.79 Å². The summed E-state index contributed by atoms with van der Waals surface area (Å²) in [5.41, 5.74) is 1.40. The Kier molecular flexibility index (Phi) is 3.12. The fourth-order valence-corrected chi connectivity index (χ4v) is 1.96. The monoisotopic (exact) mass is 238 g/mol. The first kappa shape index (κ1) is 11.0. The summed E-state index contributed by atoms with van der Waals surface area (Å²) in [4.78, 5) is 11.1. The highest BCUT2D eigenvalue weighted by molar-refractivity contribution is 7.34. The van der Waals surface area contributed by atoms with Gasteiger partial charge in [0.05, 0.1) is 5.52 Å². The van der Waals surface area contributed by atoms with E-state index in [9.17, 15) is 4.79 Å². The Morgan fingerprint density at radius 3 is 3.00 bits per heavy atom. The molecule has 0 aliphatic heterocycles. The highest BCUT2D eigenvalue weighted by Gasteiger charge is 2.21. The number of benzene rings is 1. The first-order valence-corrected chi connectivity index (χ1v) is 6.19. The zero-order valence-corrected chi connectivity index (χ0v) is 9.58. The smallest absolute Gasteiger partial charge is 0.343 e. The Bertz CT molecular complexity index is 513. The molecule has 0 aliphatic rings. The van der Waals surface area contributed by atoms with Crippen molar-refractivity contribution in [2.24, 2.45) is 0 Å². The van der Waals surface area contributed by atoms with E-state index in [4.69, 9.17) is 5.11 Å². The number of nitrogens with zero attached hydrogens (tertiary/aromatic N) is 3. The second-order valence-electron chi connectivity index (χ2n) is 3.16. The molecule has 0 spiro atoms. The standard InChI is InChI=1S/C9H11N4O2P/c1-16-11-8(9(14)15)13-7-5-3-2-4-6(7)10-12-13/h2-5,8,11,16H,1H3,(H,14,15). The molecule has 2 rings (SSSR count). The Hall–Kier alpha value is -1.52. The number of carboxylic acid groups (broad SMARTS) is 1. The molecule has 2 atom stereocenters. The Balaban J connectivity index is 2.48. The van der Waals surface area contributed by atoms with Crippen LogP contribution in [0.2, 0.25) is 0 Å². The fourth-order valence-electron chi connectivity index (χ4n) is 1.44. The lowest BCUT2D eigenvalue weighted by molar-refractivity contribution is -0.141. The van der Waals surface area contributed by atoms with E-state index in [0.29, 0.717) is 19.8 Å². The van der Waals surface area contributed by atoms with Crippen molar-refractivity contribution in [1.82, 2.24) is 20.1 Å². The van der Waals surface area contributed by atoms with Crippen molar-refractivity contribution in [3.05, 3.63) is 24.3 Å². The maximum atomic E-state index is 11.1. The highest BCUT2D eigenvalue weighted by Crippen LogP contribution is 2.16. The molecule has 84 valence electrons. The van der Waals surface area contributed by atoms with Gasteiger partial charge in [0.1, 0.15) is 5.52 Å². The zero-order chi connectivity index (χ0) is 11.5. The van der Waals surface area contributed by atoms with Gasteiger partial charge in [0.2, 0.25) is 6.17 Å². The second-order valence-corrected chi connectivity index (χ2v) is 3.95. The van der Waals surface area contributed by atoms with Gasteiger partial charge in [-0.3, -0.25) is 5.09 Å².